The summed E-state index contributed by atoms with van der Waals surface area (Å²) in [6.45, 7) is 4.44. The highest BCUT2D eigenvalue weighted by atomic mass is 35.5. The second-order valence-electron chi connectivity index (χ2n) is 5.33. The molecular formula is C19H27ClN2O6. The van der Waals surface area contributed by atoms with Gasteiger partial charge in [0.05, 0.1) is 5.71 Å². The maximum Gasteiger partial charge on any atom is 0.328 e. The number of hydrogen-bond acceptors (Lipinski definition) is 6. The van der Waals surface area contributed by atoms with Crippen LogP contribution in [0.15, 0.2) is 41.6 Å². The van der Waals surface area contributed by atoms with E-state index in [1.165, 1.54) is 0 Å². The van der Waals surface area contributed by atoms with Gasteiger partial charge in [0.25, 0.3) is 0 Å². The lowest BCUT2D eigenvalue weighted by Gasteiger charge is -2.07. The molecule has 1 aromatic rings. The summed E-state index contributed by atoms with van der Waals surface area (Å²) < 4.78 is 5.33. The molecule has 0 aliphatic rings. The van der Waals surface area contributed by atoms with Crippen LogP contribution in [-0.2, 0) is 19.2 Å². The Morgan fingerprint density at radius 3 is 2.21 bits per heavy atom. The highest BCUT2D eigenvalue weighted by Crippen LogP contribution is 2.13. The zero-order valence-electron chi connectivity index (χ0n) is 15.8. The van der Waals surface area contributed by atoms with Crippen molar-refractivity contribution in [3.63, 3.8) is 0 Å². The molecule has 156 valence electrons. The summed E-state index contributed by atoms with van der Waals surface area (Å²) in [5.74, 6) is -2.51. The van der Waals surface area contributed by atoms with Crippen LogP contribution >= 0.6 is 11.6 Å². The van der Waals surface area contributed by atoms with Gasteiger partial charge in [0.2, 0.25) is 0 Å². The summed E-state index contributed by atoms with van der Waals surface area (Å²) in [6, 6.07) is 7.62. The summed E-state index contributed by atoms with van der Waals surface area (Å²) in [7, 11) is 0. The van der Waals surface area contributed by atoms with E-state index in [0.717, 1.165) is 43.8 Å². The number of unbranched alkanes of at least 4 members (excludes halogenated alkanes) is 1. The van der Waals surface area contributed by atoms with Gasteiger partial charge in [-0.05, 0) is 43.9 Å². The Kier molecular flexibility index (Phi) is 15.3. The Morgan fingerprint density at radius 1 is 1.11 bits per heavy atom. The zero-order chi connectivity index (χ0) is 21.2. The molecule has 4 N–H and O–H groups in total. The predicted molar refractivity (Wildman–Crippen MR) is 108 cm³/mol. The number of halogens is 1. The number of carboxylic acid groups (broad SMARTS) is 2. The molecule has 8 nitrogen and oxygen atoms in total. The van der Waals surface area contributed by atoms with Crippen molar-refractivity contribution in [1.82, 2.24) is 0 Å². The van der Waals surface area contributed by atoms with Crippen LogP contribution < -0.4 is 5.73 Å². The molecule has 0 atom stereocenters. The lowest BCUT2D eigenvalue weighted by Crippen LogP contribution is -2.08. The summed E-state index contributed by atoms with van der Waals surface area (Å²) in [5, 5.41) is 20.5. The number of benzene rings is 1. The molecule has 9 heteroatoms. The number of aliphatic carboxylic acids is 2. The molecule has 0 saturated carbocycles. The average Bonchev–Trinajstić information content (AvgIpc) is 2.66. The van der Waals surface area contributed by atoms with Crippen molar-refractivity contribution in [2.24, 2.45) is 10.9 Å². The van der Waals surface area contributed by atoms with Crippen LogP contribution in [-0.4, -0.2) is 54.2 Å². The molecule has 0 heterocycles. The van der Waals surface area contributed by atoms with Crippen molar-refractivity contribution in [3.05, 3.63) is 47.0 Å². The number of carboxylic acids is 2. The fourth-order valence-electron chi connectivity index (χ4n) is 1.84. The third kappa shape index (κ3) is 14.7. The van der Waals surface area contributed by atoms with Gasteiger partial charge in [-0.3, -0.25) is 0 Å². The van der Waals surface area contributed by atoms with E-state index in [4.69, 9.17) is 37.1 Å². The molecule has 28 heavy (non-hydrogen) atoms. The summed E-state index contributed by atoms with van der Waals surface area (Å²) in [6.07, 6.45) is 3.98. The number of ether oxygens (including phenoxy) is 1. The minimum absolute atomic E-state index is 0.427. The van der Waals surface area contributed by atoms with E-state index in [-0.39, 0.29) is 0 Å². The van der Waals surface area contributed by atoms with Crippen molar-refractivity contribution < 1.29 is 29.4 Å². The van der Waals surface area contributed by atoms with Crippen molar-refractivity contribution in [1.29, 1.82) is 0 Å². The van der Waals surface area contributed by atoms with Crippen LogP contribution in [0.4, 0.5) is 0 Å². The highest BCUT2D eigenvalue weighted by molar-refractivity contribution is 6.30. The van der Waals surface area contributed by atoms with Gasteiger partial charge in [-0.2, -0.15) is 0 Å². The first-order chi connectivity index (χ1) is 13.4. The van der Waals surface area contributed by atoms with E-state index < -0.39 is 11.9 Å². The van der Waals surface area contributed by atoms with Crippen molar-refractivity contribution in [3.8, 4) is 0 Å². The standard InChI is InChI=1S/C15H23ClN2O2.C4H4O4/c1-2-19-11-4-3-5-15(18-20-12-10-17)13-6-8-14(16)9-7-13;5-3(6)1-2-4(7)8/h6-9H,2-5,10-12,17H2,1H3;1-2H,(H,5,6)(H,7,8)/b;2-1+. The molecule has 0 aromatic heterocycles. The number of oxime groups is 1. The molecule has 0 aliphatic carbocycles. The molecule has 1 aromatic carbocycles. The Balaban J connectivity index is 0.000000769. The summed E-state index contributed by atoms with van der Waals surface area (Å²) >= 11 is 5.90. The van der Waals surface area contributed by atoms with Crippen LogP contribution in [0, 0.1) is 0 Å². The zero-order valence-corrected chi connectivity index (χ0v) is 16.6. The molecule has 0 radical (unpaired) electrons. The second-order valence-corrected chi connectivity index (χ2v) is 5.77. The van der Waals surface area contributed by atoms with Crippen LogP contribution in [0.1, 0.15) is 31.7 Å². The van der Waals surface area contributed by atoms with Crippen LogP contribution in [0.3, 0.4) is 0 Å². The minimum atomic E-state index is -1.26. The van der Waals surface area contributed by atoms with Gasteiger partial charge in [-0.15, -0.1) is 0 Å². The molecule has 0 aliphatic heterocycles. The van der Waals surface area contributed by atoms with Gasteiger partial charge >= 0.3 is 11.9 Å². The minimum Gasteiger partial charge on any atom is -0.478 e. The fraction of sp³-hybridized carbons (Fsp3) is 0.421. The van der Waals surface area contributed by atoms with Gasteiger partial charge in [-0.25, -0.2) is 9.59 Å². The molecule has 0 amide bonds. The molecule has 0 unspecified atom stereocenters. The van der Waals surface area contributed by atoms with E-state index in [0.29, 0.717) is 30.3 Å². The summed E-state index contributed by atoms with van der Waals surface area (Å²) in [5.41, 5.74) is 7.35. The first-order valence-corrected chi connectivity index (χ1v) is 9.15. The Morgan fingerprint density at radius 2 is 1.71 bits per heavy atom. The van der Waals surface area contributed by atoms with Gasteiger partial charge in [0.1, 0.15) is 6.61 Å². The van der Waals surface area contributed by atoms with E-state index in [1.807, 2.05) is 31.2 Å². The highest BCUT2D eigenvalue weighted by Gasteiger charge is 2.05. The first-order valence-electron chi connectivity index (χ1n) is 8.77. The smallest absolute Gasteiger partial charge is 0.328 e. The molecule has 0 spiro atoms. The van der Waals surface area contributed by atoms with Crippen molar-refractivity contribution in [2.45, 2.75) is 26.2 Å². The molecule has 0 saturated heterocycles. The van der Waals surface area contributed by atoms with E-state index >= 15 is 0 Å². The van der Waals surface area contributed by atoms with Crippen LogP contribution in [0.5, 0.6) is 0 Å². The monoisotopic (exact) mass is 414 g/mol. The Bertz CT molecular complexity index is 616. The fourth-order valence-corrected chi connectivity index (χ4v) is 1.97. The summed E-state index contributed by atoms with van der Waals surface area (Å²) in [4.78, 5) is 24.3. The Hall–Kier alpha value is -2.42. The van der Waals surface area contributed by atoms with Gasteiger partial charge in [-0.1, -0.05) is 28.9 Å². The number of nitrogens with zero attached hydrogens (tertiary/aromatic N) is 1. The normalized spacial score (nSPS) is 11.0. The molecule has 0 fully saturated rings. The Labute approximate surface area is 169 Å². The maximum absolute atomic E-state index is 9.55. The van der Waals surface area contributed by atoms with Gasteiger partial charge in [0.15, 0.2) is 0 Å². The molecular weight excluding hydrogens is 388 g/mol. The van der Waals surface area contributed by atoms with Crippen molar-refractivity contribution >= 4 is 29.3 Å². The maximum atomic E-state index is 9.55. The number of rotatable bonds is 12. The third-order valence-electron chi connectivity index (χ3n) is 3.09. The second kappa shape index (κ2) is 16.7. The number of hydrogen-bond donors (Lipinski definition) is 3. The molecule has 1 rings (SSSR count). The SMILES string of the molecule is CCOCCCCC(=NOCCN)c1ccc(Cl)cc1.O=C(O)/C=C/C(=O)O. The third-order valence-corrected chi connectivity index (χ3v) is 3.34. The average molecular weight is 415 g/mol. The number of carbonyl (C=O) groups is 2. The van der Waals surface area contributed by atoms with Gasteiger partial charge < -0.3 is 25.5 Å². The van der Waals surface area contributed by atoms with Crippen molar-refractivity contribution in [2.75, 3.05) is 26.4 Å². The van der Waals surface area contributed by atoms with Crippen LogP contribution in [0.2, 0.25) is 5.02 Å². The first kappa shape index (κ1) is 25.6. The topological polar surface area (TPSA) is 131 Å². The quantitative estimate of drug-likeness (QED) is 0.207. The molecule has 0 bridgehead atoms. The van der Waals surface area contributed by atoms with E-state index in [9.17, 15) is 9.59 Å². The number of nitrogens with two attached hydrogens (primary N) is 1. The lowest BCUT2D eigenvalue weighted by atomic mass is 10.1. The van der Waals surface area contributed by atoms with E-state index in [1.54, 1.807) is 0 Å². The lowest BCUT2D eigenvalue weighted by molar-refractivity contribution is -0.134. The van der Waals surface area contributed by atoms with Crippen LogP contribution in [0.25, 0.3) is 0 Å². The van der Waals surface area contributed by atoms with Gasteiger partial charge in [0, 0.05) is 36.9 Å². The predicted octanol–water partition coefficient (Wildman–Crippen LogP) is 2.94. The van der Waals surface area contributed by atoms with E-state index in [2.05, 4.69) is 5.16 Å². The largest absolute Gasteiger partial charge is 0.478 e.